The summed E-state index contributed by atoms with van der Waals surface area (Å²) in [5, 5.41) is 8.60. The largest absolute Gasteiger partial charge is 0.481 e. The van der Waals surface area contributed by atoms with Gasteiger partial charge in [0.2, 0.25) is 0 Å². The number of carbonyl (C=O) groups excluding carboxylic acids is 1. The zero-order valence-electron chi connectivity index (χ0n) is 12.5. The highest BCUT2D eigenvalue weighted by atomic mass is 32.2. The van der Waals surface area contributed by atoms with Crippen LogP contribution >= 0.6 is 11.8 Å². The Kier molecular flexibility index (Phi) is 5.71. The first-order valence-corrected chi connectivity index (χ1v) is 7.87. The van der Waals surface area contributed by atoms with E-state index in [0.717, 1.165) is 29.0 Å². The number of carboxylic acid groups (broad SMARTS) is 1. The van der Waals surface area contributed by atoms with Gasteiger partial charge in [-0.3, -0.25) is 9.59 Å². The number of hydrogen-bond acceptors (Lipinski definition) is 3. The fourth-order valence-corrected chi connectivity index (χ4v) is 2.59. The van der Waals surface area contributed by atoms with Crippen molar-refractivity contribution in [3.63, 3.8) is 0 Å². The van der Waals surface area contributed by atoms with E-state index in [9.17, 15) is 14.0 Å². The maximum Gasteiger partial charge on any atom is 0.313 e. The van der Waals surface area contributed by atoms with Crippen LogP contribution in [-0.4, -0.2) is 22.6 Å². The van der Waals surface area contributed by atoms with E-state index in [2.05, 4.69) is 0 Å². The molecule has 118 valence electrons. The number of aliphatic carboxylic acids is 1. The van der Waals surface area contributed by atoms with Crippen LogP contribution in [0.1, 0.15) is 21.5 Å². The summed E-state index contributed by atoms with van der Waals surface area (Å²) in [5.41, 5.74) is 2.21. The number of halogens is 1. The average molecular weight is 330 g/mol. The Morgan fingerprint density at radius 1 is 1.22 bits per heavy atom. The molecule has 0 saturated heterocycles. The second kappa shape index (κ2) is 7.74. The minimum Gasteiger partial charge on any atom is -0.481 e. The highest BCUT2D eigenvalue weighted by molar-refractivity contribution is 8.00. The highest BCUT2D eigenvalue weighted by Gasteiger charge is 2.09. The third kappa shape index (κ3) is 5.07. The number of carboxylic acids is 1. The number of thioether (sulfide) groups is 1. The molecule has 3 nitrogen and oxygen atoms in total. The van der Waals surface area contributed by atoms with Crippen molar-refractivity contribution in [2.24, 2.45) is 0 Å². The molecular formula is C18H15FO3S. The van der Waals surface area contributed by atoms with Gasteiger partial charge in [-0.25, -0.2) is 4.39 Å². The number of aryl methyl sites for hydroxylation is 1. The van der Waals surface area contributed by atoms with Crippen LogP contribution in [-0.2, 0) is 4.79 Å². The topological polar surface area (TPSA) is 54.4 Å². The molecule has 23 heavy (non-hydrogen) atoms. The van der Waals surface area contributed by atoms with Crippen molar-refractivity contribution in [2.45, 2.75) is 11.8 Å². The van der Waals surface area contributed by atoms with E-state index in [1.807, 2.05) is 31.2 Å². The number of carbonyl (C=O) groups is 2. The monoisotopic (exact) mass is 330 g/mol. The van der Waals surface area contributed by atoms with Crippen LogP contribution in [0.4, 0.5) is 4.39 Å². The molecule has 0 unspecified atom stereocenters. The Morgan fingerprint density at radius 2 is 2.00 bits per heavy atom. The Labute approximate surface area is 137 Å². The molecule has 0 aliphatic rings. The van der Waals surface area contributed by atoms with Crippen molar-refractivity contribution in [3.8, 4) is 0 Å². The van der Waals surface area contributed by atoms with Gasteiger partial charge in [0, 0.05) is 10.5 Å². The van der Waals surface area contributed by atoms with Gasteiger partial charge < -0.3 is 5.11 Å². The Balaban J connectivity index is 2.10. The second-order valence-electron chi connectivity index (χ2n) is 4.94. The molecule has 2 rings (SSSR count). The van der Waals surface area contributed by atoms with Gasteiger partial charge in [0.25, 0.3) is 0 Å². The molecule has 5 heteroatoms. The predicted molar refractivity (Wildman–Crippen MR) is 89.3 cm³/mol. The lowest BCUT2D eigenvalue weighted by Gasteiger charge is -2.03. The SMILES string of the molecule is Cc1cccc(/C=C/C(=O)c2ccc(SCC(=O)O)c(F)c2)c1. The van der Waals surface area contributed by atoms with Crippen molar-refractivity contribution >= 4 is 29.6 Å². The van der Waals surface area contributed by atoms with Crippen molar-refractivity contribution in [1.29, 1.82) is 0 Å². The van der Waals surface area contributed by atoms with E-state index in [4.69, 9.17) is 5.11 Å². The van der Waals surface area contributed by atoms with Gasteiger partial charge in [-0.15, -0.1) is 11.8 Å². The summed E-state index contributed by atoms with van der Waals surface area (Å²) >= 11 is 0.884. The molecule has 0 spiro atoms. The first-order valence-electron chi connectivity index (χ1n) is 6.89. The summed E-state index contributed by atoms with van der Waals surface area (Å²) in [6.45, 7) is 1.96. The first-order chi connectivity index (χ1) is 11.0. The number of ketones is 1. The lowest BCUT2D eigenvalue weighted by atomic mass is 10.1. The normalized spacial score (nSPS) is 10.9. The van der Waals surface area contributed by atoms with Crippen LogP contribution in [0.25, 0.3) is 6.08 Å². The molecule has 0 aliphatic carbocycles. The van der Waals surface area contributed by atoms with E-state index >= 15 is 0 Å². The van der Waals surface area contributed by atoms with Gasteiger partial charge in [0.1, 0.15) is 5.82 Å². The smallest absolute Gasteiger partial charge is 0.313 e. The van der Waals surface area contributed by atoms with Gasteiger partial charge >= 0.3 is 5.97 Å². The summed E-state index contributed by atoms with van der Waals surface area (Å²) < 4.78 is 13.9. The number of hydrogen-bond donors (Lipinski definition) is 1. The predicted octanol–water partition coefficient (Wildman–Crippen LogP) is 4.21. The zero-order valence-corrected chi connectivity index (χ0v) is 13.3. The summed E-state index contributed by atoms with van der Waals surface area (Å²) in [6, 6.07) is 11.7. The molecule has 0 saturated carbocycles. The highest BCUT2D eigenvalue weighted by Crippen LogP contribution is 2.23. The minimum atomic E-state index is -1.02. The summed E-state index contributed by atoms with van der Waals surface area (Å²) in [7, 11) is 0. The van der Waals surface area contributed by atoms with Crippen LogP contribution in [0.15, 0.2) is 53.4 Å². The molecule has 0 aliphatic heterocycles. The van der Waals surface area contributed by atoms with E-state index in [-0.39, 0.29) is 22.0 Å². The van der Waals surface area contributed by atoms with E-state index in [1.165, 1.54) is 18.2 Å². The van der Waals surface area contributed by atoms with Crippen molar-refractivity contribution in [3.05, 3.63) is 71.0 Å². The minimum absolute atomic E-state index is 0.214. The third-order valence-electron chi connectivity index (χ3n) is 3.04. The maximum atomic E-state index is 13.9. The van der Waals surface area contributed by atoms with Gasteiger partial charge in [-0.2, -0.15) is 0 Å². The molecule has 0 heterocycles. The number of benzene rings is 2. The summed E-state index contributed by atoms with van der Waals surface area (Å²) in [4.78, 5) is 22.8. The number of allylic oxidation sites excluding steroid dienone is 1. The van der Waals surface area contributed by atoms with Crippen molar-refractivity contribution < 1.29 is 19.1 Å². The molecule has 2 aromatic carbocycles. The van der Waals surface area contributed by atoms with Crippen LogP contribution in [0.5, 0.6) is 0 Å². The fraction of sp³-hybridized carbons (Fsp3) is 0.111. The lowest BCUT2D eigenvalue weighted by molar-refractivity contribution is -0.133. The molecule has 0 amide bonds. The molecule has 1 N–H and O–H groups in total. The summed E-state index contributed by atoms with van der Waals surface area (Å²) in [5.74, 6) is -2.14. The first kappa shape index (κ1) is 17.0. The molecule has 0 fully saturated rings. The van der Waals surface area contributed by atoms with Crippen LogP contribution in [0.3, 0.4) is 0 Å². The van der Waals surface area contributed by atoms with E-state index < -0.39 is 11.8 Å². The molecule has 0 radical (unpaired) electrons. The molecular weight excluding hydrogens is 315 g/mol. The van der Waals surface area contributed by atoms with E-state index in [1.54, 1.807) is 6.08 Å². The summed E-state index contributed by atoms with van der Waals surface area (Å²) in [6.07, 6.45) is 3.08. The number of rotatable bonds is 6. The standard InChI is InChI=1S/C18H15FO3S/c1-12-3-2-4-13(9-12)5-7-16(20)14-6-8-17(15(19)10-14)23-11-18(21)22/h2-10H,11H2,1H3,(H,21,22)/b7-5+. The van der Waals surface area contributed by atoms with Crippen LogP contribution in [0, 0.1) is 12.7 Å². The van der Waals surface area contributed by atoms with Gasteiger partial charge in [0.05, 0.1) is 5.75 Å². The maximum absolute atomic E-state index is 13.9. The Bertz CT molecular complexity index is 769. The molecule has 2 aromatic rings. The quantitative estimate of drug-likeness (QED) is 0.490. The molecule has 0 bridgehead atoms. The molecule has 0 atom stereocenters. The van der Waals surface area contributed by atoms with Crippen molar-refractivity contribution in [2.75, 3.05) is 5.75 Å². The fourth-order valence-electron chi connectivity index (χ4n) is 1.95. The zero-order chi connectivity index (χ0) is 16.8. The van der Waals surface area contributed by atoms with Crippen LogP contribution < -0.4 is 0 Å². The van der Waals surface area contributed by atoms with Crippen LogP contribution in [0.2, 0.25) is 0 Å². The van der Waals surface area contributed by atoms with Gasteiger partial charge in [0.15, 0.2) is 5.78 Å². The Hall–Kier alpha value is -2.40. The van der Waals surface area contributed by atoms with Crippen molar-refractivity contribution in [1.82, 2.24) is 0 Å². The third-order valence-corrected chi connectivity index (χ3v) is 4.07. The van der Waals surface area contributed by atoms with Gasteiger partial charge in [-0.05, 0) is 36.8 Å². The Morgan fingerprint density at radius 3 is 2.65 bits per heavy atom. The van der Waals surface area contributed by atoms with Gasteiger partial charge in [-0.1, -0.05) is 35.9 Å². The van der Waals surface area contributed by atoms with E-state index in [0.29, 0.717) is 0 Å². The average Bonchev–Trinajstić information content (AvgIpc) is 2.51. The lowest BCUT2D eigenvalue weighted by Crippen LogP contribution is -2.00. The molecule has 0 aromatic heterocycles. The second-order valence-corrected chi connectivity index (χ2v) is 5.96.